The molecule has 134 valence electrons. The molecule has 0 atom stereocenters. The lowest BCUT2D eigenvalue weighted by Gasteiger charge is -2.20. The minimum atomic E-state index is -0.491. The smallest absolute Gasteiger partial charge is 0.276 e. The van der Waals surface area contributed by atoms with E-state index in [9.17, 15) is 14.9 Å². The molecule has 1 N–H and O–H groups in total. The first kappa shape index (κ1) is 17.8. The molecule has 0 spiro atoms. The molecule has 1 aliphatic rings. The van der Waals surface area contributed by atoms with Crippen LogP contribution in [0.2, 0.25) is 5.02 Å². The lowest BCUT2D eigenvalue weighted by atomic mass is 10.1. The van der Waals surface area contributed by atoms with Crippen LogP contribution < -0.4 is 14.8 Å². The van der Waals surface area contributed by atoms with Crippen molar-refractivity contribution in [2.24, 2.45) is 0 Å². The zero-order chi connectivity index (χ0) is 18.5. The van der Waals surface area contributed by atoms with Crippen molar-refractivity contribution in [3.8, 4) is 11.5 Å². The Balaban J connectivity index is 1.65. The Morgan fingerprint density at radius 3 is 2.85 bits per heavy atom. The molecule has 8 heteroatoms. The highest BCUT2D eigenvalue weighted by Crippen LogP contribution is 2.38. The maximum Gasteiger partial charge on any atom is 0.276 e. The minimum absolute atomic E-state index is 0.0600. The predicted molar refractivity (Wildman–Crippen MR) is 96.4 cm³/mol. The van der Waals surface area contributed by atoms with Gasteiger partial charge >= 0.3 is 0 Å². The number of hydrogen-bond acceptors (Lipinski definition) is 5. The Kier molecular flexibility index (Phi) is 5.38. The van der Waals surface area contributed by atoms with Crippen LogP contribution in [-0.2, 0) is 11.3 Å². The summed E-state index contributed by atoms with van der Waals surface area (Å²) < 4.78 is 10.9. The number of nitro groups is 1. The standard InChI is InChI=1S/C18H15ClN2O5/c19-14-9-12(10-16-18(14)26-8-7-25-16)11-20-17(22)6-5-13-3-1-2-4-15(13)21(23)24/h1-6,9-10H,7-8,11H2,(H,20,22)/b6-5+. The van der Waals surface area contributed by atoms with Crippen LogP contribution in [0.25, 0.3) is 6.08 Å². The van der Waals surface area contributed by atoms with E-state index in [-0.39, 0.29) is 18.1 Å². The highest BCUT2D eigenvalue weighted by Gasteiger charge is 2.16. The Labute approximate surface area is 154 Å². The van der Waals surface area contributed by atoms with Crippen LogP contribution in [0.1, 0.15) is 11.1 Å². The first-order valence-electron chi connectivity index (χ1n) is 7.82. The van der Waals surface area contributed by atoms with Crippen LogP contribution in [-0.4, -0.2) is 24.0 Å². The maximum atomic E-state index is 12.0. The summed E-state index contributed by atoms with van der Waals surface area (Å²) in [5.41, 5.74) is 1.05. The van der Waals surface area contributed by atoms with E-state index in [0.29, 0.717) is 35.3 Å². The van der Waals surface area contributed by atoms with Crippen molar-refractivity contribution >= 4 is 29.3 Å². The van der Waals surface area contributed by atoms with E-state index in [4.69, 9.17) is 21.1 Å². The summed E-state index contributed by atoms with van der Waals surface area (Å²) in [5.74, 6) is 0.668. The number of nitro benzene ring substituents is 1. The fraction of sp³-hybridized carbons (Fsp3) is 0.167. The van der Waals surface area contributed by atoms with Gasteiger partial charge < -0.3 is 14.8 Å². The minimum Gasteiger partial charge on any atom is -0.486 e. The number of amides is 1. The van der Waals surface area contributed by atoms with E-state index >= 15 is 0 Å². The number of fused-ring (bicyclic) bond motifs is 1. The molecule has 2 aromatic rings. The van der Waals surface area contributed by atoms with Crippen molar-refractivity contribution in [3.63, 3.8) is 0 Å². The molecule has 1 heterocycles. The van der Waals surface area contributed by atoms with Gasteiger partial charge in [0.1, 0.15) is 13.2 Å². The maximum absolute atomic E-state index is 12.0. The Morgan fingerprint density at radius 2 is 2.04 bits per heavy atom. The van der Waals surface area contributed by atoms with Crippen LogP contribution >= 0.6 is 11.6 Å². The zero-order valence-electron chi connectivity index (χ0n) is 13.6. The molecular formula is C18H15ClN2O5. The number of para-hydroxylation sites is 1. The third-order valence-corrected chi connectivity index (χ3v) is 3.95. The summed E-state index contributed by atoms with van der Waals surface area (Å²) in [4.78, 5) is 22.5. The molecule has 7 nitrogen and oxygen atoms in total. The number of carbonyl (C=O) groups excluding carboxylic acids is 1. The topological polar surface area (TPSA) is 90.7 Å². The lowest BCUT2D eigenvalue weighted by Crippen LogP contribution is -2.21. The predicted octanol–water partition coefficient (Wildman–Crippen LogP) is 3.35. The summed E-state index contributed by atoms with van der Waals surface area (Å²) in [6.07, 6.45) is 2.66. The second-order valence-electron chi connectivity index (χ2n) is 5.47. The van der Waals surface area contributed by atoms with Crippen molar-refractivity contribution in [3.05, 3.63) is 68.7 Å². The number of benzene rings is 2. The Bertz CT molecular complexity index is 882. The van der Waals surface area contributed by atoms with Gasteiger partial charge in [-0.05, 0) is 29.8 Å². The van der Waals surface area contributed by atoms with Gasteiger partial charge in [0.2, 0.25) is 5.91 Å². The molecule has 1 amide bonds. The lowest BCUT2D eigenvalue weighted by molar-refractivity contribution is -0.385. The van der Waals surface area contributed by atoms with Gasteiger partial charge in [0.25, 0.3) is 5.69 Å². The number of halogens is 1. The Hall–Kier alpha value is -3.06. The largest absolute Gasteiger partial charge is 0.486 e. The van der Waals surface area contributed by atoms with Crippen molar-refractivity contribution in [1.82, 2.24) is 5.32 Å². The summed E-state index contributed by atoms with van der Waals surface area (Å²) >= 11 is 6.16. The number of hydrogen-bond donors (Lipinski definition) is 1. The van der Waals surface area contributed by atoms with Gasteiger partial charge in [0.05, 0.1) is 15.5 Å². The molecular weight excluding hydrogens is 360 g/mol. The van der Waals surface area contributed by atoms with E-state index in [1.54, 1.807) is 30.3 Å². The number of nitrogens with one attached hydrogen (secondary N) is 1. The molecule has 0 saturated heterocycles. The van der Waals surface area contributed by atoms with E-state index < -0.39 is 4.92 Å². The summed E-state index contributed by atoms with van der Waals surface area (Å²) in [6.45, 7) is 1.12. The van der Waals surface area contributed by atoms with Crippen LogP contribution in [0.5, 0.6) is 11.5 Å². The quantitative estimate of drug-likeness (QED) is 0.492. The zero-order valence-corrected chi connectivity index (χ0v) is 14.4. The highest BCUT2D eigenvalue weighted by molar-refractivity contribution is 6.32. The van der Waals surface area contributed by atoms with Crippen LogP contribution in [0.3, 0.4) is 0 Å². The average Bonchev–Trinajstić information content (AvgIpc) is 2.65. The van der Waals surface area contributed by atoms with Gasteiger partial charge in [0.15, 0.2) is 11.5 Å². The monoisotopic (exact) mass is 374 g/mol. The first-order chi connectivity index (χ1) is 12.5. The van der Waals surface area contributed by atoms with Crippen molar-refractivity contribution in [2.45, 2.75) is 6.54 Å². The van der Waals surface area contributed by atoms with Crippen LogP contribution in [0.15, 0.2) is 42.5 Å². The van der Waals surface area contributed by atoms with Gasteiger partial charge in [0, 0.05) is 18.7 Å². The van der Waals surface area contributed by atoms with Crippen molar-refractivity contribution in [2.75, 3.05) is 13.2 Å². The molecule has 26 heavy (non-hydrogen) atoms. The number of ether oxygens (including phenoxy) is 2. The second-order valence-corrected chi connectivity index (χ2v) is 5.88. The van der Waals surface area contributed by atoms with Crippen LogP contribution in [0.4, 0.5) is 5.69 Å². The first-order valence-corrected chi connectivity index (χ1v) is 8.20. The molecule has 0 radical (unpaired) electrons. The number of carbonyl (C=O) groups is 1. The molecule has 0 aliphatic carbocycles. The van der Waals surface area contributed by atoms with Gasteiger partial charge in [-0.1, -0.05) is 23.7 Å². The van der Waals surface area contributed by atoms with E-state index in [1.165, 1.54) is 18.2 Å². The van der Waals surface area contributed by atoms with Gasteiger partial charge in [-0.25, -0.2) is 0 Å². The second kappa shape index (κ2) is 7.88. The molecule has 3 rings (SSSR count). The third kappa shape index (κ3) is 4.12. The molecule has 0 bridgehead atoms. The number of nitrogens with zero attached hydrogens (tertiary/aromatic N) is 1. The van der Waals surface area contributed by atoms with Gasteiger partial charge in [-0.2, -0.15) is 0 Å². The fourth-order valence-electron chi connectivity index (χ4n) is 2.47. The van der Waals surface area contributed by atoms with Crippen molar-refractivity contribution < 1.29 is 19.2 Å². The highest BCUT2D eigenvalue weighted by atomic mass is 35.5. The SMILES string of the molecule is O=C(/C=C/c1ccccc1[N+](=O)[O-])NCc1cc(Cl)c2c(c1)OCCO2. The molecule has 2 aromatic carbocycles. The molecule has 0 saturated carbocycles. The van der Waals surface area contributed by atoms with E-state index in [0.717, 1.165) is 5.56 Å². The van der Waals surface area contributed by atoms with E-state index in [1.807, 2.05) is 0 Å². The molecule has 1 aliphatic heterocycles. The molecule has 0 aromatic heterocycles. The molecule has 0 unspecified atom stereocenters. The summed E-state index contributed by atoms with van der Waals surface area (Å²) in [6, 6.07) is 9.65. The van der Waals surface area contributed by atoms with Gasteiger partial charge in [-0.3, -0.25) is 14.9 Å². The average molecular weight is 375 g/mol. The fourth-order valence-corrected chi connectivity index (χ4v) is 2.76. The normalized spacial score (nSPS) is 12.8. The third-order valence-electron chi connectivity index (χ3n) is 3.67. The Morgan fingerprint density at radius 1 is 1.27 bits per heavy atom. The number of rotatable bonds is 5. The van der Waals surface area contributed by atoms with Crippen LogP contribution in [0, 0.1) is 10.1 Å². The van der Waals surface area contributed by atoms with Gasteiger partial charge in [-0.15, -0.1) is 0 Å². The van der Waals surface area contributed by atoms with Crippen molar-refractivity contribution in [1.29, 1.82) is 0 Å². The summed E-state index contributed by atoms with van der Waals surface area (Å²) in [5, 5.41) is 14.1. The van der Waals surface area contributed by atoms with E-state index in [2.05, 4.69) is 5.32 Å². The molecule has 0 fully saturated rings. The summed E-state index contributed by atoms with van der Waals surface area (Å²) in [7, 11) is 0.